The Balaban J connectivity index is 1.25. The van der Waals surface area contributed by atoms with Gasteiger partial charge in [0.05, 0.1) is 12.2 Å². The van der Waals surface area contributed by atoms with Crippen LogP contribution in [0.25, 0.3) is 0 Å². The summed E-state index contributed by atoms with van der Waals surface area (Å²) < 4.78 is 0. The molecule has 0 atom stereocenters. The molecule has 0 amide bonds. The molecule has 4 rings (SSSR count). The van der Waals surface area contributed by atoms with Gasteiger partial charge in [0.25, 0.3) is 0 Å². The van der Waals surface area contributed by atoms with Crippen LogP contribution in [0.1, 0.15) is 35.3 Å². The smallest absolute Gasteiger partial charge is 0.107 e. The molecule has 3 heterocycles. The third-order valence-electron chi connectivity index (χ3n) is 5.56. The van der Waals surface area contributed by atoms with Crippen molar-refractivity contribution in [2.45, 2.75) is 45.2 Å². The lowest BCUT2D eigenvalue weighted by Crippen LogP contribution is -2.62. The molecule has 1 aromatic rings. The van der Waals surface area contributed by atoms with Gasteiger partial charge < -0.3 is 4.90 Å². The minimum atomic E-state index is 0.800. The van der Waals surface area contributed by atoms with Crippen molar-refractivity contribution in [2.75, 3.05) is 45.8 Å². The van der Waals surface area contributed by atoms with E-state index in [9.17, 15) is 0 Å². The van der Waals surface area contributed by atoms with Crippen molar-refractivity contribution in [2.24, 2.45) is 0 Å². The number of hydrogen-bond acceptors (Lipinski definition) is 5. The number of piperazine rings is 1. The van der Waals surface area contributed by atoms with E-state index in [1.54, 1.807) is 4.88 Å². The second-order valence-electron chi connectivity index (χ2n) is 7.00. The molecule has 122 valence electrons. The zero-order valence-electron chi connectivity index (χ0n) is 13.8. The van der Waals surface area contributed by atoms with Crippen LogP contribution in [-0.2, 0) is 19.4 Å². The summed E-state index contributed by atoms with van der Waals surface area (Å²) in [5, 5.41) is 1.36. The Hall–Kier alpha value is -0.490. The second kappa shape index (κ2) is 6.56. The van der Waals surface area contributed by atoms with Gasteiger partial charge in [-0.1, -0.05) is 6.92 Å². The summed E-state index contributed by atoms with van der Waals surface area (Å²) in [5.74, 6) is 0. The lowest BCUT2D eigenvalue weighted by Gasteiger charge is -2.48. The summed E-state index contributed by atoms with van der Waals surface area (Å²) in [7, 11) is 0. The van der Waals surface area contributed by atoms with E-state index in [4.69, 9.17) is 4.98 Å². The van der Waals surface area contributed by atoms with E-state index in [1.165, 1.54) is 82.2 Å². The van der Waals surface area contributed by atoms with E-state index in [0.29, 0.717) is 0 Å². The van der Waals surface area contributed by atoms with E-state index in [2.05, 4.69) is 21.6 Å². The molecule has 22 heavy (non-hydrogen) atoms. The highest BCUT2D eigenvalue weighted by Gasteiger charge is 2.33. The molecular weight excluding hydrogens is 292 g/mol. The Labute approximate surface area is 138 Å². The van der Waals surface area contributed by atoms with Crippen LogP contribution in [-0.4, -0.2) is 71.5 Å². The highest BCUT2D eigenvalue weighted by molar-refractivity contribution is 7.11. The third kappa shape index (κ3) is 3.09. The molecule has 3 aliphatic rings. The maximum Gasteiger partial charge on any atom is 0.107 e. The zero-order valence-corrected chi connectivity index (χ0v) is 14.6. The number of aromatic nitrogens is 1. The maximum atomic E-state index is 4.89. The minimum Gasteiger partial charge on any atom is -0.301 e. The fourth-order valence-electron chi connectivity index (χ4n) is 4.01. The van der Waals surface area contributed by atoms with Gasteiger partial charge >= 0.3 is 0 Å². The van der Waals surface area contributed by atoms with Gasteiger partial charge in [0.15, 0.2) is 0 Å². The van der Waals surface area contributed by atoms with E-state index in [0.717, 1.165) is 12.6 Å². The molecule has 0 saturated carbocycles. The highest BCUT2D eigenvalue weighted by Crippen LogP contribution is 2.28. The largest absolute Gasteiger partial charge is 0.301 e. The lowest BCUT2D eigenvalue weighted by atomic mass is 10.0. The van der Waals surface area contributed by atoms with Crippen molar-refractivity contribution in [3.8, 4) is 0 Å². The van der Waals surface area contributed by atoms with E-state index in [1.807, 2.05) is 11.3 Å². The standard InChI is InChI=1S/C17H28N4S/c1-2-19-7-9-21(10-8-19)14-11-20(12-14)13-17-18-15-5-3-4-6-16(15)22-17/h14H,2-13H2,1H3. The average Bonchev–Trinajstić information content (AvgIpc) is 2.93. The van der Waals surface area contributed by atoms with Crippen LogP contribution in [0.4, 0.5) is 0 Å². The molecule has 2 saturated heterocycles. The Kier molecular flexibility index (Phi) is 4.49. The Morgan fingerprint density at radius 1 is 1.05 bits per heavy atom. The Morgan fingerprint density at radius 2 is 1.82 bits per heavy atom. The molecule has 0 bridgehead atoms. The SMILES string of the molecule is CCN1CCN(C2CN(Cc3nc4c(s3)CCCC4)C2)CC1. The summed E-state index contributed by atoms with van der Waals surface area (Å²) in [6.45, 7) is 12.1. The molecule has 1 aliphatic carbocycles. The number of rotatable bonds is 4. The van der Waals surface area contributed by atoms with Crippen LogP contribution >= 0.6 is 11.3 Å². The van der Waals surface area contributed by atoms with Gasteiger partial charge in [-0.05, 0) is 32.2 Å². The Morgan fingerprint density at radius 3 is 2.55 bits per heavy atom. The normalized spacial score (nSPS) is 25.1. The molecular formula is C17H28N4S. The molecule has 1 aromatic heterocycles. The average molecular weight is 321 g/mol. The molecule has 0 unspecified atom stereocenters. The van der Waals surface area contributed by atoms with Crippen molar-refractivity contribution in [3.63, 3.8) is 0 Å². The molecule has 2 aliphatic heterocycles. The van der Waals surface area contributed by atoms with E-state index in [-0.39, 0.29) is 0 Å². The number of aryl methyl sites for hydroxylation is 2. The maximum absolute atomic E-state index is 4.89. The van der Waals surface area contributed by atoms with Gasteiger partial charge in [-0.3, -0.25) is 9.80 Å². The number of hydrogen-bond donors (Lipinski definition) is 0. The van der Waals surface area contributed by atoms with Crippen LogP contribution in [0.2, 0.25) is 0 Å². The third-order valence-corrected chi connectivity index (χ3v) is 6.70. The first-order valence-electron chi connectivity index (χ1n) is 8.98. The van der Waals surface area contributed by atoms with Crippen LogP contribution in [0.15, 0.2) is 0 Å². The second-order valence-corrected chi connectivity index (χ2v) is 8.17. The molecule has 0 N–H and O–H groups in total. The van der Waals surface area contributed by atoms with Crippen molar-refractivity contribution in [1.29, 1.82) is 0 Å². The zero-order chi connectivity index (χ0) is 14.9. The first-order chi connectivity index (χ1) is 10.8. The van der Waals surface area contributed by atoms with Crippen LogP contribution < -0.4 is 0 Å². The van der Waals surface area contributed by atoms with Gasteiger partial charge in [-0.25, -0.2) is 4.98 Å². The number of fused-ring (bicyclic) bond motifs is 1. The topological polar surface area (TPSA) is 22.6 Å². The first kappa shape index (κ1) is 15.1. The monoisotopic (exact) mass is 320 g/mol. The lowest BCUT2D eigenvalue weighted by molar-refractivity contribution is 0.00208. The predicted molar refractivity (Wildman–Crippen MR) is 91.5 cm³/mol. The molecule has 4 nitrogen and oxygen atoms in total. The molecule has 0 radical (unpaired) electrons. The number of likely N-dealkylation sites (tertiary alicyclic amines) is 1. The molecule has 0 spiro atoms. The van der Waals surface area contributed by atoms with Gasteiger partial charge in [-0.2, -0.15) is 0 Å². The summed E-state index contributed by atoms with van der Waals surface area (Å²) in [4.78, 5) is 14.3. The number of nitrogens with zero attached hydrogens (tertiary/aromatic N) is 4. The van der Waals surface area contributed by atoms with Gasteiger partial charge in [0.2, 0.25) is 0 Å². The molecule has 2 fully saturated rings. The van der Waals surface area contributed by atoms with E-state index >= 15 is 0 Å². The molecule has 0 aromatic carbocycles. The fraction of sp³-hybridized carbons (Fsp3) is 0.824. The first-order valence-corrected chi connectivity index (χ1v) is 9.79. The molecule has 5 heteroatoms. The minimum absolute atomic E-state index is 0.800. The Bertz CT molecular complexity index is 477. The summed E-state index contributed by atoms with van der Waals surface area (Å²) >= 11 is 1.98. The van der Waals surface area contributed by atoms with Gasteiger partial charge in [-0.15, -0.1) is 11.3 Å². The van der Waals surface area contributed by atoms with Gasteiger partial charge in [0, 0.05) is 50.2 Å². The van der Waals surface area contributed by atoms with Crippen molar-refractivity contribution in [1.82, 2.24) is 19.7 Å². The number of thiazole rings is 1. The predicted octanol–water partition coefficient (Wildman–Crippen LogP) is 1.84. The van der Waals surface area contributed by atoms with Crippen LogP contribution in [0.3, 0.4) is 0 Å². The van der Waals surface area contributed by atoms with Gasteiger partial charge in [0.1, 0.15) is 5.01 Å². The van der Waals surface area contributed by atoms with Crippen molar-refractivity contribution >= 4 is 11.3 Å². The quantitative estimate of drug-likeness (QED) is 0.844. The van der Waals surface area contributed by atoms with Crippen LogP contribution in [0.5, 0.6) is 0 Å². The summed E-state index contributed by atoms with van der Waals surface area (Å²) in [6.07, 6.45) is 5.20. The van der Waals surface area contributed by atoms with E-state index < -0.39 is 0 Å². The highest BCUT2D eigenvalue weighted by atomic mass is 32.1. The summed E-state index contributed by atoms with van der Waals surface area (Å²) in [5.41, 5.74) is 1.42. The summed E-state index contributed by atoms with van der Waals surface area (Å²) in [6, 6.07) is 0.800. The van der Waals surface area contributed by atoms with Crippen LogP contribution in [0, 0.1) is 0 Å². The fourth-order valence-corrected chi connectivity index (χ4v) is 5.21. The van der Waals surface area contributed by atoms with Crippen molar-refractivity contribution < 1.29 is 0 Å². The number of likely N-dealkylation sites (N-methyl/N-ethyl adjacent to an activating group) is 1. The van der Waals surface area contributed by atoms with Crippen molar-refractivity contribution in [3.05, 3.63) is 15.6 Å².